The summed E-state index contributed by atoms with van der Waals surface area (Å²) in [7, 11) is 1.65. The first kappa shape index (κ1) is 14.6. The standard InChI is InChI=1S/C16H17N3O2S/c1-4-17-15(20)14-10(2)19-9-13(18-16(19)22-14)11-5-7-12(21-3)8-6-11/h5-9H,4H2,1-3H3,(H,17,20). The van der Waals surface area contributed by atoms with Crippen LogP contribution in [0.1, 0.15) is 22.3 Å². The molecule has 0 saturated heterocycles. The van der Waals surface area contributed by atoms with Crippen molar-refractivity contribution in [2.45, 2.75) is 13.8 Å². The summed E-state index contributed by atoms with van der Waals surface area (Å²) in [4.78, 5) is 18.2. The molecule has 2 heterocycles. The maximum atomic E-state index is 12.0. The summed E-state index contributed by atoms with van der Waals surface area (Å²) in [6, 6.07) is 7.78. The lowest BCUT2D eigenvalue weighted by molar-refractivity contribution is 0.0959. The third kappa shape index (κ3) is 2.46. The van der Waals surface area contributed by atoms with Crippen LogP contribution in [0.5, 0.6) is 5.75 Å². The second-order valence-electron chi connectivity index (χ2n) is 4.88. The lowest BCUT2D eigenvalue weighted by Crippen LogP contribution is -2.22. The Hall–Kier alpha value is -2.34. The normalized spacial score (nSPS) is 10.9. The van der Waals surface area contributed by atoms with Gasteiger partial charge in [0, 0.05) is 24.0 Å². The average molecular weight is 315 g/mol. The van der Waals surface area contributed by atoms with Gasteiger partial charge in [0.1, 0.15) is 10.6 Å². The molecule has 0 atom stereocenters. The van der Waals surface area contributed by atoms with Gasteiger partial charge in [-0.25, -0.2) is 4.98 Å². The Morgan fingerprint density at radius 2 is 2.09 bits per heavy atom. The minimum absolute atomic E-state index is 0.0403. The Kier molecular flexibility index (Phi) is 3.85. The molecule has 0 unspecified atom stereocenters. The van der Waals surface area contributed by atoms with Crippen molar-refractivity contribution in [3.63, 3.8) is 0 Å². The molecule has 1 amide bonds. The van der Waals surface area contributed by atoms with Crippen molar-refractivity contribution in [1.82, 2.24) is 14.7 Å². The van der Waals surface area contributed by atoms with E-state index < -0.39 is 0 Å². The number of nitrogens with zero attached hydrogens (tertiary/aromatic N) is 2. The molecule has 0 aliphatic rings. The fourth-order valence-electron chi connectivity index (χ4n) is 2.30. The lowest BCUT2D eigenvalue weighted by atomic mass is 10.2. The highest BCUT2D eigenvalue weighted by Gasteiger charge is 2.17. The van der Waals surface area contributed by atoms with Gasteiger partial charge in [0.05, 0.1) is 12.8 Å². The summed E-state index contributed by atoms with van der Waals surface area (Å²) in [6.45, 7) is 4.47. The maximum Gasteiger partial charge on any atom is 0.263 e. The van der Waals surface area contributed by atoms with Crippen LogP contribution in [-0.4, -0.2) is 28.9 Å². The highest BCUT2D eigenvalue weighted by atomic mass is 32.1. The van der Waals surface area contributed by atoms with E-state index in [0.717, 1.165) is 27.7 Å². The Bertz CT molecular complexity index is 818. The van der Waals surface area contributed by atoms with Crippen LogP contribution in [0.15, 0.2) is 30.5 Å². The van der Waals surface area contributed by atoms with Crippen LogP contribution in [0, 0.1) is 6.92 Å². The van der Waals surface area contributed by atoms with Crippen LogP contribution in [0.3, 0.4) is 0 Å². The third-order valence-corrected chi connectivity index (χ3v) is 4.64. The number of hydrogen-bond donors (Lipinski definition) is 1. The number of imidazole rings is 1. The number of nitrogens with one attached hydrogen (secondary N) is 1. The monoisotopic (exact) mass is 315 g/mol. The van der Waals surface area contributed by atoms with Gasteiger partial charge >= 0.3 is 0 Å². The summed E-state index contributed by atoms with van der Waals surface area (Å²) in [5.74, 6) is 0.779. The number of ether oxygens (including phenoxy) is 1. The molecule has 3 rings (SSSR count). The Labute approximate surface area is 132 Å². The molecule has 6 heteroatoms. The SMILES string of the molecule is CCNC(=O)c1sc2nc(-c3ccc(OC)cc3)cn2c1C. The first-order chi connectivity index (χ1) is 10.6. The zero-order valence-electron chi connectivity index (χ0n) is 12.7. The van der Waals surface area contributed by atoms with Gasteiger partial charge in [0.2, 0.25) is 0 Å². The molecule has 1 aromatic carbocycles. The van der Waals surface area contributed by atoms with Gasteiger partial charge in [0.15, 0.2) is 4.96 Å². The number of fused-ring (bicyclic) bond motifs is 1. The van der Waals surface area contributed by atoms with Crippen LogP contribution >= 0.6 is 11.3 Å². The van der Waals surface area contributed by atoms with E-state index in [2.05, 4.69) is 10.3 Å². The average Bonchev–Trinajstić information content (AvgIpc) is 3.08. The quantitative estimate of drug-likeness (QED) is 0.805. The smallest absolute Gasteiger partial charge is 0.263 e. The van der Waals surface area contributed by atoms with Crippen molar-refractivity contribution in [2.75, 3.05) is 13.7 Å². The molecule has 114 valence electrons. The van der Waals surface area contributed by atoms with E-state index in [-0.39, 0.29) is 5.91 Å². The number of rotatable bonds is 4. The van der Waals surface area contributed by atoms with E-state index >= 15 is 0 Å². The van der Waals surface area contributed by atoms with Crippen molar-refractivity contribution >= 4 is 22.2 Å². The van der Waals surface area contributed by atoms with E-state index in [1.165, 1.54) is 11.3 Å². The molecule has 3 aromatic rings. The van der Waals surface area contributed by atoms with Gasteiger partial charge < -0.3 is 10.1 Å². The molecule has 2 aromatic heterocycles. The minimum Gasteiger partial charge on any atom is -0.497 e. The number of carbonyl (C=O) groups is 1. The van der Waals surface area contributed by atoms with Crippen molar-refractivity contribution in [3.8, 4) is 17.0 Å². The second kappa shape index (κ2) is 5.81. The van der Waals surface area contributed by atoms with Gasteiger partial charge in [0.25, 0.3) is 5.91 Å². The van der Waals surface area contributed by atoms with Crippen molar-refractivity contribution in [2.24, 2.45) is 0 Å². The Morgan fingerprint density at radius 1 is 1.36 bits per heavy atom. The number of aromatic nitrogens is 2. The zero-order chi connectivity index (χ0) is 15.7. The van der Waals surface area contributed by atoms with Crippen molar-refractivity contribution in [3.05, 3.63) is 41.0 Å². The number of carbonyl (C=O) groups excluding carboxylic acids is 1. The molecule has 1 N–H and O–H groups in total. The number of amides is 1. The lowest BCUT2D eigenvalue weighted by Gasteiger charge is -2.01. The highest BCUT2D eigenvalue weighted by molar-refractivity contribution is 7.19. The summed E-state index contributed by atoms with van der Waals surface area (Å²) in [5, 5.41) is 2.83. The molecule has 0 fully saturated rings. The largest absolute Gasteiger partial charge is 0.497 e. The van der Waals surface area contributed by atoms with Gasteiger partial charge in [-0.15, -0.1) is 0 Å². The predicted molar refractivity (Wildman–Crippen MR) is 87.8 cm³/mol. The first-order valence-electron chi connectivity index (χ1n) is 7.05. The van der Waals surface area contributed by atoms with Crippen LogP contribution in [0.2, 0.25) is 0 Å². The van der Waals surface area contributed by atoms with E-state index in [9.17, 15) is 4.79 Å². The summed E-state index contributed by atoms with van der Waals surface area (Å²) in [5.41, 5.74) is 2.83. The molecule has 22 heavy (non-hydrogen) atoms. The van der Waals surface area contributed by atoms with Crippen LogP contribution in [-0.2, 0) is 0 Å². The number of benzene rings is 1. The molecule has 0 radical (unpaired) electrons. The zero-order valence-corrected chi connectivity index (χ0v) is 13.5. The first-order valence-corrected chi connectivity index (χ1v) is 7.86. The third-order valence-electron chi connectivity index (χ3n) is 3.49. The van der Waals surface area contributed by atoms with Crippen LogP contribution < -0.4 is 10.1 Å². The van der Waals surface area contributed by atoms with Crippen molar-refractivity contribution in [1.29, 1.82) is 0 Å². The minimum atomic E-state index is -0.0403. The van der Waals surface area contributed by atoms with Crippen molar-refractivity contribution < 1.29 is 9.53 Å². The Morgan fingerprint density at radius 3 is 2.68 bits per heavy atom. The molecule has 0 bridgehead atoms. The molecule has 0 aliphatic carbocycles. The Balaban J connectivity index is 1.98. The molecular formula is C16H17N3O2S. The summed E-state index contributed by atoms with van der Waals surface area (Å²) >= 11 is 1.41. The van der Waals surface area contributed by atoms with Crippen LogP contribution in [0.25, 0.3) is 16.2 Å². The molecule has 5 nitrogen and oxygen atoms in total. The van der Waals surface area contributed by atoms with E-state index in [1.807, 2.05) is 48.7 Å². The fourth-order valence-corrected chi connectivity index (χ4v) is 3.33. The molecular weight excluding hydrogens is 298 g/mol. The number of aryl methyl sites for hydroxylation is 1. The summed E-state index contributed by atoms with van der Waals surface area (Å²) < 4.78 is 7.13. The number of methoxy groups -OCH3 is 1. The van der Waals surface area contributed by atoms with Gasteiger partial charge in [-0.3, -0.25) is 9.20 Å². The summed E-state index contributed by atoms with van der Waals surface area (Å²) in [6.07, 6.45) is 1.96. The second-order valence-corrected chi connectivity index (χ2v) is 5.86. The fraction of sp³-hybridized carbons (Fsp3) is 0.250. The number of hydrogen-bond acceptors (Lipinski definition) is 4. The van der Waals surface area contributed by atoms with Gasteiger partial charge in [-0.2, -0.15) is 0 Å². The number of thiazole rings is 1. The van der Waals surface area contributed by atoms with Gasteiger partial charge in [-0.05, 0) is 38.1 Å². The topological polar surface area (TPSA) is 55.6 Å². The van der Waals surface area contributed by atoms with E-state index in [1.54, 1.807) is 7.11 Å². The maximum absolute atomic E-state index is 12.0. The molecule has 0 saturated carbocycles. The predicted octanol–water partition coefficient (Wildman–Crippen LogP) is 3.13. The van der Waals surface area contributed by atoms with E-state index in [4.69, 9.17) is 4.74 Å². The highest BCUT2D eigenvalue weighted by Crippen LogP contribution is 2.28. The molecule has 0 spiro atoms. The van der Waals surface area contributed by atoms with Gasteiger partial charge in [-0.1, -0.05) is 11.3 Å². The van der Waals surface area contributed by atoms with E-state index in [0.29, 0.717) is 11.4 Å². The van der Waals surface area contributed by atoms with Crippen LogP contribution in [0.4, 0.5) is 0 Å². The molecule has 0 aliphatic heterocycles.